The molecule has 33 heavy (non-hydrogen) atoms. The molecule has 178 valence electrons. The molecule has 0 aromatic heterocycles. The number of carbonyl (C=O) groups excluding carboxylic acids is 2. The molecule has 1 unspecified atom stereocenters. The molecule has 1 heterocycles. The van der Waals surface area contributed by atoms with Crippen molar-refractivity contribution in [1.29, 1.82) is 0 Å². The average Bonchev–Trinajstić information content (AvgIpc) is 2.77. The number of amides is 2. The first-order valence-corrected chi connectivity index (χ1v) is 11.3. The number of alkyl carbamates (subject to hydrolysis) is 1. The van der Waals surface area contributed by atoms with Crippen LogP contribution in [0.15, 0.2) is 54.6 Å². The number of ether oxygens (including phenoxy) is 2. The van der Waals surface area contributed by atoms with Gasteiger partial charge in [-0.1, -0.05) is 42.5 Å². The quantitative estimate of drug-likeness (QED) is 0.657. The summed E-state index contributed by atoms with van der Waals surface area (Å²) in [6.45, 7) is 6.71. The molecule has 2 aromatic carbocycles. The van der Waals surface area contributed by atoms with Gasteiger partial charge in [0, 0.05) is 31.6 Å². The number of rotatable bonds is 7. The number of benzene rings is 2. The van der Waals surface area contributed by atoms with Crippen LogP contribution < -0.4 is 10.6 Å². The average molecular weight is 457 g/mol. The topological polar surface area (TPSA) is 76.7 Å². The van der Waals surface area contributed by atoms with Gasteiger partial charge in [0.25, 0.3) is 0 Å². The van der Waals surface area contributed by atoms with Crippen LogP contribution in [0, 0.1) is 5.82 Å². The zero-order valence-corrected chi connectivity index (χ0v) is 19.5. The molecule has 1 aliphatic heterocycles. The summed E-state index contributed by atoms with van der Waals surface area (Å²) < 4.78 is 24.9. The SMILES string of the molecule is CC(C)(C)OC(=O)NC(Cc1ccccc1)C(=O)NCC1(c2cccc(F)c2)CCOCC1. The zero-order chi connectivity index (χ0) is 23.9. The van der Waals surface area contributed by atoms with Crippen molar-refractivity contribution in [3.63, 3.8) is 0 Å². The molecule has 0 radical (unpaired) electrons. The normalized spacial score (nSPS) is 16.5. The fourth-order valence-electron chi connectivity index (χ4n) is 4.04. The molecule has 6 nitrogen and oxygen atoms in total. The minimum Gasteiger partial charge on any atom is -0.444 e. The maximum Gasteiger partial charge on any atom is 0.408 e. The van der Waals surface area contributed by atoms with Gasteiger partial charge in [-0.15, -0.1) is 0 Å². The lowest BCUT2D eigenvalue weighted by atomic mass is 9.74. The summed E-state index contributed by atoms with van der Waals surface area (Å²) in [6, 6.07) is 15.2. The number of hydrogen-bond acceptors (Lipinski definition) is 4. The van der Waals surface area contributed by atoms with E-state index in [1.165, 1.54) is 12.1 Å². The lowest BCUT2D eigenvalue weighted by molar-refractivity contribution is -0.123. The van der Waals surface area contributed by atoms with Crippen molar-refractivity contribution < 1.29 is 23.5 Å². The third kappa shape index (κ3) is 7.29. The number of halogens is 1. The van der Waals surface area contributed by atoms with Crippen LogP contribution in [0.3, 0.4) is 0 Å². The largest absolute Gasteiger partial charge is 0.444 e. The van der Waals surface area contributed by atoms with Gasteiger partial charge in [-0.05, 0) is 56.9 Å². The van der Waals surface area contributed by atoms with E-state index in [1.54, 1.807) is 26.8 Å². The lowest BCUT2D eigenvalue weighted by Gasteiger charge is -2.38. The molecule has 0 bridgehead atoms. The van der Waals surface area contributed by atoms with Crippen molar-refractivity contribution in [2.45, 2.75) is 57.1 Å². The second kappa shape index (κ2) is 10.8. The van der Waals surface area contributed by atoms with Crippen LogP contribution in [0.25, 0.3) is 0 Å². The predicted octanol–water partition coefficient (Wildman–Crippen LogP) is 4.13. The van der Waals surface area contributed by atoms with E-state index in [-0.39, 0.29) is 11.7 Å². The standard InChI is InChI=1S/C26H33FN2O4/c1-25(2,3)33-24(31)29-22(16-19-8-5-4-6-9-19)23(30)28-18-26(12-14-32-15-13-26)20-10-7-11-21(27)17-20/h4-11,17,22H,12-16,18H2,1-3H3,(H,28,30)(H,29,31). The summed E-state index contributed by atoms with van der Waals surface area (Å²) >= 11 is 0. The van der Waals surface area contributed by atoms with E-state index < -0.39 is 23.2 Å². The first-order chi connectivity index (χ1) is 15.7. The third-order valence-electron chi connectivity index (χ3n) is 5.78. The fourth-order valence-corrected chi connectivity index (χ4v) is 4.04. The summed E-state index contributed by atoms with van der Waals surface area (Å²) in [5.41, 5.74) is 0.645. The maximum absolute atomic E-state index is 14.0. The predicted molar refractivity (Wildman–Crippen MR) is 124 cm³/mol. The Kier molecular flexibility index (Phi) is 8.08. The Morgan fingerprint density at radius 3 is 2.42 bits per heavy atom. The molecule has 1 fully saturated rings. The number of carbonyl (C=O) groups is 2. The van der Waals surface area contributed by atoms with E-state index in [9.17, 15) is 14.0 Å². The van der Waals surface area contributed by atoms with Gasteiger partial charge in [0.05, 0.1) is 0 Å². The van der Waals surface area contributed by atoms with Gasteiger partial charge in [0.2, 0.25) is 5.91 Å². The molecule has 2 aromatic rings. The van der Waals surface area contributed by atoms with E-state index in [2.05, 4.69) is 10.6 Å². The Bertz CT molecular complexity index is 937. The summed E-state index contributed by atoms with van der Waals surface area (Å²) in [4.78, 5) is 25.7. The Hall–Kier alpha value is -2.93. The van der Waals surface area contributed by atoms with Crippen LogP contribution in [0.5, 0.6) is 0 Å². The first kappa shape index (κ1) is 24.7. The minimum atomic E-state index is -0.813. The molecular weight excluding hydrogens is 423 g/mol. The second-order valence-electron chi connectivity index (χ2n) is 9.51. The molecular formula is C26H33FN2O4. The molecule has 1 aliphatic rings. The van der Waals surface area contributed by atoms with Gasteiger partial charge in [-0.25, -0.2) is 9.18 Å². The highest BCUT2D eigenvalue weighted by atomic mass is 19.1. The van der Waals surface area contributed by atoms with Crippen molar-refractivity contribution in [3.05, 3.63) is 71.5 Å². The Balaban J connectivity index is 1.75. The van der Waals surface area contributed by atoms with Crippen LogP contribution in [0.2, 0.25) is 0 Å². The molecule has 0 spiro atoms. The van der Waals surface area contributed by atoms with E-state index >= 15 is 0 Å². The van der Waals surface area contributed by atoms with Gasteiger partial charge < -0.3 is 20.1 Å². The fraction of sp³-hybridized carbons (Fsp3) is 0.462. The molecule has 0 saturated carbocycles. The van der Waals surface area contributed by atoms with Crippen LogP contribution in [-0.2, 0) is 26.1 Å². The highest BCUT2D eigenvalue weighted by Crippen LogP contribution is 2.34. The molecule has 3 rings (SSSR count). The van der Waals surface area contributed by atoms with Crippen LogP contribution in [0.4, 0.5) is 9.18 Å². The molecule has 2 amide bonds. The Morgan fingerprint density at radius 2 is 1.79 bits per heavy atom. The second-order valence-corrected chi connectivity index (χ2v) is 9.51. The van der Waals surface area contributed by atoms with Crippen LogP contribution in [0.1, 0.15) is 44.7 Å². The summed E-state index contributed by atoms with van der Waals surface area (Å²) in [5.74, 6) is -0.620. The highest BCUT2D eigenvalue weighted by Gasteiger charge is 2.36. The van der Waals surface area contributed by atoms with Gasteiger partial charge in [0.15, 0.2) is 0 Å². The van der Waals surface area contributed by atoms with E-state index in [1.807, 2.05) is 36.4 Å². The molecule has 7 heteroatoms. The lowest BCUT2D eigenvalue weighted by Crippen LogP contribution is -2.52. The molecule has 1 saturated heterocycles. The Morgan fingerprint density at radius 1 is 1.09 bits per heavy atom. The Labute approximate surface area is 194 Å². The third-order valence-corrected chi connectivity index (χ3v) is 5.78. The smallest absolute Gasteiger partial charge is 0.408 e. The summed E-state index contributed by atoms with van der Waals surface area (Å²) in [7, 11) is 0. The van der Waals surface area contributed by atoms with Gasteiger partial charge in [-0.2, -0.15) is 0 Å². The highest BCUT2D eigenvalue weighted by molar-refractivity contribution is 5.86. The van der Waals surface area contributed by atoms with E-state index in [0.717, 1.165) is 11.1 Å². The van der Waals surface area contributed by atoms with Crippen molar-refractivity contribution in [1.82, 2.24) is 10.6 Å². The van der Waals surface area contributed by atoms with Gasteiger partial charge >= 0.3 is 6.09 Å². The van der Waals surface area contributed by atoms with Gasteiger partial charge in [-0.3, -0.25) is 4.79 Å². The van der Waals surface area contributed by atoms with E-state index in [0.29, 0.717) is 39.0 Å². The van der Waals surface area contributed by atoms with Gasteiger partial charge in [0.1, 0.15) is 17.5 Å². The molecule has 2 N–H and O–H groups in total. The summed E-state index contributed by atoms with van der Waals surface area (Å²) in [6.07, 6.45) is 1.01. The van der Waals surface area contributed by atoms with E-state index in [4.69, 9.17) is 9.47 Å². The van der Waals surface area contributed by atoms with Crippen molar-refractivity contribution in [3.8, 4) is 0 Å². The monoisotopic (exact) mass is 456 g/mol. The zero-order valence-electron chi connectivity index (χ0n) is 19.5. The molecule has 0 aliphatic carbocycles. The number of nitrogens with one attached hydrogen (secondary N) is 2. The molecule has 1 atom stereocenters. The summed E-state index contributed by atoms with van der Waals surface area (Å²) in [5, 5.41) is 5.73. The first-order valence-electron chi connectivity index (χ1n) is 11.3. The van der Waals surface area contributed by atoms with Crippen LogP contribution in [-0.4, -0.2) is 43.4 Å². The van der Waals surface area contributed by atoms with Crippen LogP contribution >= 0.6 is 0 Å². The minimum absolute atomic E-state index is 0.307. The van der Waals surface area contributed by atoms with Crippen molar-refractivity contribution >= 4 is 12.0 Å². The van der Waals surface area contributed by atoms with Crippen molar-refractivity contribution in [2.75, 3.05) is 19.8 Å². The maximum atomic E-state index is 14.0. The van der Waals surface area contributed by atoms with Crippen molar-refractivity contribution in [2.24, 2.45) is 0 Å². The number of hydrogen-bond donors (Lipinski definition) is 2.